The summed E-state index contributed by atoms with van der Waals surface area (Å²) in [5, 5.41) is 13.7. The summed E-state index contributed by atoms with van der Waals surface area (Å²) in [6.45, 7) is 6.49. The Morgan fingerprint density at radius 2 is 1.88 bits per heavy atom. The van der Waals surface area contributed by atoms with Gasteiger partial charge in [-0.05, 0) is 61.8 Å². The Morgan fingerprint density at radius 1 is 1.18 bits per heavy atom. The van der Waals surface area contributed by atoms with E-state index in [0.29, 0.717) is 47.1 Å². The maximum Gasteiger partial charge on any atom is 0.417 e. The van der Waals surface area contributed by atoms with Crippen LogP contribution in [0.5, 0.6) is 0 Å². The molecule has 0 spiro atoms. The highest BCUT2D eigenvalue weighted by Gasteiger charge is 2.35. The molecule has 2 heterocycles. The Labute approximate surface area is 233 Å². The van der Waals surface area contributed by atoms with E-state index < -0.39 is 23.2 Å². The molecule has 13 heteroatoms. The number of methoxy groups -OCH3 is 1. The van der Waals surface area contributed by atoms with Gasteiger partial charge in [0.1, 0.15) is 17.5 Å². The third-order valence-corrected chi connectivity index (χ3v) is 6.65. The Morgan fingerprint density at radius 3 is 2.50 bits per heavy atom. The second-order valence-corrected chi connectivity index (χ2v) is 9.82. The molecule has 4 rings (SSSR count). The largest absolute Gasteiger partial charge is 0.417 e. The smallest absolute Gasteiger partial charge is 0.378 e. The zero-order valence-electron chi connectivity index (χ0n) is 21.6. The van der Waals surface area contributed by atoms with Crippen LogP contribution in [-0.2, 0) is 10.9 Å². The number of nitrogens with one attached hydrogen (secondary N) is 3. The van der Waals surface area contributed by atoms with Crippen molar-refractivity contribution in [2.24, 2.45) is 4.99 Å². The van der Waals surface area contributed by atoms with E-state index in [1.807, 2.05) is 4.90 Å². The third-order valence-electron chi connectivity index (χ3n) is 5.78. The molecule has 0 unspecified atom stereocenters. The highest BCUT2D eigenvalue weighted by molar-refractivity contribution is 7.99. The summed E-state index contributed by atoms with van der Waals surface area (Å²) in [6.07, 6.45) is -3.01. The van der Waals surface area contributed by atoms with Gasteiger partial charge in [0, 0.05) is 48.6 Å². The van der Waals surface area contributed by atoms with Gasteiger partial charge in [0.2, 0.25) is 0 Å². The van der Waals surface area contributed by atoms with E-state index in [2.05, 4.69) is 32.3 Å². The first-order chi connectivity index (χ1) is 19.0. The van der Waals surface area contributed by atoms with E-state index in [1.165, 1.54) is 30.0 Å². The molecule has 40 heavy (non-hydrogen) atoms. The first-order valence-electron chi connectivity index (χ1n) is 12.0. The van der Waals surface area contributed by atoms with Crippen LogP contribution in [0.25, 0.3) is 0 Å². The molecule has 0 atom stereocenters. The number of rotatable bonds is 10. The normalized spacial score (nSPS) is 13.9. The number of alkyl halides is 3. The predicted octanol–water partition coefficient (Wildman–Crippen LogP) is 5.73. The van der Waals surface area contributed by atoms with Gasteiger partial charge in [0.25, 0.3) is 5.91 Å². The molecule has 2 aromatic carbocycles. The van der Waals surface area contributed by atoms with Gasteiger partial charge < -0.3 is 25.7 Å². The monoisotopic (exact) mass is 569 g/mol. The number of aromatic nitrogens is 2. The van der Waals surface area contributed by atoms with Gasteiger partial charge in [0.15, 0.2) is 5.16 Å². The van der Waals surface area contributed by atoms with Gasteiger partial charge in [-0.25, -0.2) is 15.0 Å². The Bertz CT molecular complexity index is 1440. The van der Waals surface area contributed by atoms with Crippen LogP contribution in [0.15, 0.2) is 81.5 Å². The van der Waals surface area contributed by atoms with Crippen LogP contribution < -0.4 is 15.5 Å². The van der Waals surface area contributed by atoms with Crippen LogP contribution in [0.1, 0.15) is 22.8 Å². The molecule has 1 amide bonds. The first-order valence-corrected chi connectivity index (χ1v) is 12.8. The summed E-state index contributed by atoms with van der Waals surface area (Å²) in [5.74, 6) is 0.637. The number of carbonyl (C=O) groups excluding carboxylic acids is 1. The maximum absolute atomic E-state index is 13.3. The summed E-state index contributed by atoms with van der Waals surface area (Å²) in [5.41, 5.74) is -0.830. The van der Waals surface area contributed by atoms with Crippen molar-refractivity contribution in [3.8, 4) is 0 Å². The molecule has 0 radical (unpaired) electrons. The van der Waals surface area contributed by atoms with Crippen molar-refractivity contribution in [1.29, 1.82) is 5.41 Å². The molecule has 1 aromatic heterocycles. The highest BCUT2D eigenvalue weighted by Crippen LogP contribution is 2.33. The second kappa shape index (κ2) is 12.3. The van der Waals surface area contributed by atoms with Crippen molar-refractivity contribution in [1.82, 2.24) is 9.97 Å². The van der Waals surface area contributed by atoms with E-state index >= 15 is 0 Å². The zero-order chi connectivity index (χ0) is 28.9. The van der Waals surface area contributed by atoms with Gasteiger partial charge in [0.05, 0.1) is 17.2 Å². The molecule has 0 saturated carbocycles. The Balaban J connectivity index is 1.52. The lowest BCUT2D eigenvalue weighted by Crippen LogP contribution is -2.52. The number of hydrogen-bond acceptors (Lipinski definition) is 9. The van der Waals surface area contributed by atoms with Gasteiger partial charge in [-0.2, -0.15) is 13.2 Å². The zero-order valence-corrected chi connectivity index (χ0v) is 22.4. The number of allylic oxidation sites excluding steroid dienone is 1. The topological polar surface area (TPSA) is 116 Å². The highest BCUT2D eigenvalue weighted by atomic mass is 32.2. The molecule has 3 aromatic rings. The molecule has 0 bridgehead atoms. The number of ether oxygens (including phenoxy) is 1. The van der Waals surface area contributed by atoms with Gasteiger partial charge in [-0.1, -0.05) is 12.1 Å². The lowest BCUT2D eigenvalue weighted by atomic mass is 10.1. The van der Waals surface area contributed by atoms with E-state index in [9.17, 15) is 18.0 Å². The van der Waals surface area contributed by atoms with Gasteiger partial charge in [-0.3, -0.25) is 4.79 Å². The summed E-state index contributed by atoms with van der Waals surface area (Å²) in [4.78, 5) is 28.5. The van der Waals surface area contributed by atoms with E-state index in [1.54, 1.807) is 44.4 Å². The van der Waals surface area contributed by atoms with E-state index in [0.717, 1.165) is 17.0 Å². The summed E-state index contributed by atoms with van der Waals surface area (Å²) in [7, 11) is 1.66. The fourth-order valence-corrected chi connectivity index (χ4v) is 4.52. The maximum atomic E-state index is 13.3. The summed E-state index contributed by atoms with van der Waals surface area (Å²) >= 11 is 1.26. The van der Waals surface area contributed by atoms with Crippen LogP contribution >= 0.6 is 11.8 Å². The molecule has 0 aliphatic carbocycles. The van der Waals surface area contributed by atoms with Gasteiger partial charge in [-0.15, -0.1) is 0 Å². The number of nitrogens with zero attached hydrogens (tertiary/aromatic N) is 4. The molecule has 1 aliphatic heterocycles. The fraction of sp³-hybridized carbons (Fsp3) is 0.222. The first kappa shape index (κ1) is 28.8. The lowest BCUT2D eigenvalue weighted by Gasteiger charge is -2.39. The number of amides is 1. The van der Waals surface area contributed by atoms with Crippen molar-refractivity contribution < 1.29 is 22.7 Å². The lowest BCUT2D eigenvalue weighted by molar-refractivity contribution is -0.137. The van der Waals surface area contributed by atoms with E-state index in [4.69, 9.17) is 10.1 Å². The summed E-state index contributed by atoms with van der Waals surface area (Å²) in [6, 6.07) is 13.0. The van der Waals surface area contributed by atoms with Crippen molar-refractivity contribution in [2.75, 3.05) is 35.7 Å². The van der Waals surface area contributed by atoms with Crippen LogP contribution in [0.3, 0.4) is 0 Å². The minimum Gasteiger partial charge on any atom is -0.378 e. The second-order valence-electron chi connectivity index (χ2n) is 8.78. The molecule has 1 saturated heterocycles. The Kier molecular flexibility index (Phi) is 8.85. The number of benzene rings is 2. The molecule has 208 valence electrons. The quantitative estimate of drug-likeness (QED) is 0.211. The fourth-order valence-electron chi connectivity index (χ4n) is 3.75. The van der Waals surface area contributed by atoms with Crippen LogP contribution in [0.2, 0.25) is 0 Å². The molecule has 3 N–H and O–H groups in total. The van der Waals surface area contributed by atoms with Gasteiger partial charge >= 0.3 is 6.18 Å². The van der Waals surface area contributed by atoms with E-state index in [-0.39, 0.29) is 6.10 Å². The minimum atomic E-state index is -4.65. The van der Waals surface area contributed by atoms with Crippen molar-refractivity contribution in [2.45, 2.75) is 29.3 Å². The van der Waals surface area contributed by atoms with Crippen LogP contribution in [0, 0.1) is 5.41 Å². The standard InChI is InChI=1S/C27H26F3N7O2S/c1-16(31)12-22(32-2)34-23-13-24(37-14-18(15-37)39-3)36-26(35-23)40-19-10-8-17(9-11-19)33-25(38)20-6-4-5-7-21(20)27(28,29)30/h4-13,18,31H,2,14-15H2,1,3H3,(H,33,38)(H,34,35,36)/b22-12+,31-16?. The van der Waals surface area contributed by atoms with Crippen LogP contribution in [-0.4, -0.2) is 54.6 Å². The molecule has 1 fully saturated rings. The molecule has 9 nitrogen and oxygen atoms in total. The molecular weight excluding hydrogens is 543 g/mol. The number of hydrogen-bond donors (Lipinski definition) is 3. The average molecular weight is 570 g/mol. The summed E-state index contributed by atoms with van der Waals surface area (Å²) < 4.78 is 45.2. The number of aliphatic imine (C=N–C) groups is 1. The van der Waals surface area contributed by atoms with Crippen molar-refractivity contribution in [3.63, 3.8) is 0 Å². The number of carbonyl (C=O) groups is 1. The molecule has 1 aliphatic rings. The van der Waals surface area contributed by atoms with Crippen LogP contribution in [0.4, 0.5) is 30.5 Å². The third kappa shape index (κ3) is 7.24. The average Bonchev–Trinajstić information content (AvgIpc) is 2.88. The predicted molar refractivity (Wildman–Crippen MR) is 150 cm³/mol. The minimum absolute atomic E-state index is 0.110. The Hall–Kier alpha value is -4.23. The van der Waals surface area contributed by atoms with Crippen molar-refractivity contribution >= 4 is 47.4 Å². The number of anilines is 3. The number of halogens is 3. The molecular formula is C27H26F3N7O2S. The SMILES string of the molecule is C=N/C(=C\C(C)=N)Nc1cc(N2CC(OC)C2)nc(Sc2ccc(NC(=O)c3ccccc3C(F)(F)F)cc2)n1. The van der Waals surface area contributed by atoms with Crippen molar-refractivity contribution in [3.05, 3.63) is 77.6 Å².